The fourth-order valence-corrected chi connectivity index (χ4v) is 2.54. The van der Waals surface area contributed by atoms with E-state index in [1.54, 1.807) is 13.2 Å². The van der Waals surface area contributed by atoms with E-state index in [0.29, 0.717) is 0 Å². The first-order valence-corrected chi connectivity index (χ1v) is 7.24. The quantitative estimate of drug-likeness (QED) is 0.585. The van der Waals surface area contributed by atoms with E-state index in [2.05, 4.69) is 9.72 Å². The molecule has 3 aromatic rings. The highest BCUT2D eigenvalue weighted by Gasteiger charge is 2.11. The van der Waals surface area contributed by atoms with Gasteiger partial charge in [0.25, 0.3) is 0 Å². The number of ether oxygens (including phenoxy) is 2. The second-order valence-electron chi connectivity index (χ2n) is 5.04. The molecule has 2 aromatic carbocycles. The number of esters is 1. The van der Waals surface area contributed by atoms with E-state index in [1.165, 1.54) is 13.2 Å². The number of fused-ring (bicyclic) bond motifs is 1. The van der Waals surface area contributed by atoms with Gasteiger partial charge in [0.05, 0.1) is 19.9 Å². The normalized spacial score (nSPS) is 11.0. The van der Waals surface area contributed by atoms with Crippen molar-refractivity contribution in [1.29, 1.82) is 0 Å². The Balaban J connectivity index is 2.14. The number of rotatable bonds is 4. The summed E-state index contributed by atoms with van der Waals surface area (Å²) >= 11 is 0. The van der Waals surface area contributed by atoms with Gasteiger partial charge in [-0.1, -0.05) is 18.2 Å². The van der Waals surface area contributed by atoms with Crippen molar-refractivity contribution in [2.75, 3.05) is 14.2 Å². The zero-order chi connectivity index (χ0) is 16.2. The number of methoxy groups -OCH3 is 2. The first-order valence-electron chi connectivity index (χ1n) is 7.24. The fraction of sp³-hybridized carbons (Fsp3) is 0.105. The number of carbonyl (C=O) groups excluding carboxylic acids is 1. The molecule has 4 heteroatoms. The van der Waals surface area contributed by atoms with E-state index in [1.807, 2.05) is 48.5 Å². The minimum atomic E-state index is -0.379. The molecule has 0 atom stereocenters. The van der Waals surface area contributed by atoms with Gasteiger partial charge in [-0.15, -0.1) is 0 Å². The Morgan fingerprint density at radius 2 is 1.78 bits per heavy atom. The number of nitrogens with one attached hydrogen (secondary N) is 1. The van der Waals surface area contributed by atoms with E-state index in [-0.39, 0.29) is 5.97 Å². The van der Waals surface area contributed by atoms with Gasteiger partial charge in [0.1, 0.15) is 5.75 Å². The largest absolute Gasteiger partial charge is 0.497 e. The van der Waals surface area contributed by atoms with Crippen LogP contribution in [0.5, 0.6) is 5.75 Å². The van der Waals surface area contributed by atoms with Crippen LogP contribution in [0.15, 0.2) is 54.6 Å². The number of aromatic nitrogens is 1. The van der Waals surface area contributed by atoms with Crippen molar-refractivity contribution in [3.63, 3.8) is 0 Å². The van der Waals surface area contributed by atoms with Gasteiger partial charge >= 0.3 is 5.97 Å². The molecule has 0 spiro atoms. The third-order valence-corrected chi connectivity index (χ3v) is 3.71. The van der Waals surface area contributed by atoms with E-state index >= 15 is 0 Å². The second-order valence-corrected chi connectivity index (χ2v) is 5.04. The number of benzene rings is 2. The van der Waals surface area contributed by atoms with Crippen LogP contribution in [0.2, 0.25) is 0 Å². The van der Waals surface area contributed by atoms with Crippen LogP contribution in [-0.4, -0.2) is 25.2 Å². The van der Waals surface area contributed by atoms with Crippen LogP contribution in [0, 0.1) is 0 Å². The molecule has 0 bridgehead atoms. The van der Waals surface area contributed by atoms with E-state index in [0.717, 1.165) is 33.5 Å². The van der Waals surface area contributed by atoms with E-state index in [4.69, 9.17) is 4.74 Å². The van der Waals surface area contributed by atoms with Crippen LogP contribution in [0.25, 0.3) is 28.2 Å². The maximum absolute atomic E-state index is 11.4. The average molecular weight is 307 g/mol. The third kappa shape index (κ3) is 2.97. The zero-order valence-electron chi connectivity index (χ0n) is 13.0. The first-order chi connectivity index (χ1) is 11.2. The van der Waals surface area contributed by atoms with Crippen LogP contribution >= 0.6 is 0 Å². The third-order valence-electron chi connectivity index (χ3n) is 3.71. The van der Waals surface area contributed by atoms with Crippen LogP contribution in [0.1, 0.15) is 5.56 Å². The molecule has 23 heavy (non-hydrogen) atoms. The monoisotopic (exact) mass is 307 g/mol. The molecular formula is C19H17NO3. The topological polar surface area (TPSA) is 51.3 Å². The average Bonchev–Trinajstić information content (AvgIpc) is 2.98. The van der Waals surface area contributed by atoms with Gasteiger partial charge < -0.3 is 14.5 Å². The summed E-state index contributed by atoms with van der Waals surface area (Å²) in [6.07, 6.45) is 3.22. The Morgan fingerprint density at radius 3 is 2.48 bits per heavy atom. The molecule has 0 aliphatic heterocycles. The highest BCUT2D eigenvalue weighted by Crippen LogP contribution is 2.32. The van der Waals surface area contributed by atoms with Crippen molar-refractivity contribution < 1.29 is 14.3 Å². The highest BCUT2D eigenvalue weighted by molar-refractivity contribution is 5.99. The summed E-state index contributed by atoms with van der Waals surface area (Å²) in [6.45, 7) is 0. The summed E-state index contributed by atoms with van der Waals surface area (Å²) < 4.78 is 9.89. The smallest absolute Gasteiger partial charge is 0.330 e. The second kappa shape index (κ2) is 6.40. The molecule has 116 valence electrons. The van der Waals surface area contributed by atoms with E-state index in [9.17, 15) is 4.79 Å². The van der Waals surface area contributed by atoms with Gasteiger partial charge in [-0.3, -0.25) is 0 Å². The number of para-hydroxylation sites is 1. The Kier molecular flexibility index (Phi) is 4.15. The number of hydrogen-bond donors (Lipinski definition) is 1. The van der Waals surface area contributed by atoms with Gasteiger partial charge in [0.15, 0.2) is 0 Å². The van der Waals surface area contributed by atoms with Crippen LogP contribution < -0.4 is 4.74 Å². The molecule has 1 heterocycles. The maximum atomic E-state index is 11.4. The van der Waals surface area contributed by atoms with Crippen molar-refractivity contribution in [2.45, 2.75) is 0 Å². The highest BCUT2D eigenvalue weighted by atomic mass is 16.5. The molecule has 0 unspecified atom stereocenters. The summed E-state index contributed by atoms with van der Waals surface area (Å²) in [5.41, 5.74) is 3.94. The van der Waals surface area contributed by atoms with Crippen molar-refractivity contribution >= 4 is 22.9 Å². The Morgan fingerprint density at radius 1 is 1.04 bits per heavy atom. The lowest BCUT2D eigenvalue weighted by Gasteiger charge is -2.03. The van der Waals surface area contributed by atoms with Gasteiger partial charge in [0, 0.05) is 22.5 Å². The standard InChI is InChI=1S/C19H17NO3/c1-22-14-9-7-13(8-10-14)19-16(11-12-18(21)23-2)15-5-3-4-6-17(15)20-19/h3-12,20H,1-2H3/b12-11+. The molecule has 3 rings (SSSR count). The number of H-pyrrole nitrogens is 1. The minimum Gasteiger partial charge on any atom is -0.497 e. The molecule has 0 saturated carbocycles. The Hall–Kier alpha value is -3.01. The van der Waals surface area contributed by atoms with Crippen LogP contribution in [-0.2, 0) is 9.53 Å². The van der Waals surface area contributed by atoms with Crippen molar-refractivity contribution in [1.82, 2.24) is 4.98 Å². The lowest BCUT2D eigenvalue weighted by Crippen LogP contribution is -1.93. The summed E-state index contributed by atoms with van der Waals surface area (Å²) in [7, 11) is 3.01. The van der Waals surface area contributed by atoms with Crippen molar-refractivity contribution in [3.8, 4) is 17.0 Å². The molecule has 4 nitrogen and oxygen atoms in total. The van der Waals surface area contributed by atoms with Gasteiger partial charge in [-0.2, -0.15) is 0 Å². The molecule has 1 aromatic heterocycles. The van der Waals surface area contributed by atoms with Gasteiger partial charge in [0.2, 0.25) is 0 Å². The summed E-state index contributed by atoms with van der Waals surface area (Å²) in [4.78, 5) is 14.9. The number of aromatic amines is 1. The molecular weight excluding hydrogens is 290 g/mol. The zero-order valence-corrected chi connectivity index (χ0v) is 13.0. The molecule has 0 saturated heterocycles. The lowest BCUT2D eigenvalue weighted by atomic mass is 10.0. The van der Waals surface area contributed by atoms with E-state index < -0.39 is 0 Å². The summed E-state index contributed by atoms with van der Waals surface area (Å²) in [6, 6.07) is 15.8. The number of carbonyl (C=O) groups is 1. The number of hydrogen-bond acceptors (Lipinski definition) is 3. The SMILES string of the molecule is COC(=O)/C=C/c1c(-c2ccc(OC)cc2)[nH]c2ccccc12. The van der Waals surface area contributed by atoms with Crippen LogP contribution in [0.3, 0.4) is 0 Å². The minimum absolute atomic E-state index is 0.379. The van der Waals surface area contributed by atoms with Crippen molar-refractivity contribution in [2.24, 2.45) is 0 Å². The predicted molar refractivity (Wildman–Crippen MR) is 91.3 cm³/mol. The molecule has 0 amide bonds. The molecule has 0 radical (unpaired) electrons. The fourth-order valence-electron chi connectivity index (χ4n) is 2.54. The van der Waals surface area contributed by atoms with Gasteiger partial charge in [-0.05, 0) is 42.0 Å². The van der Waals surface area contributed by atoms with Crippen LogP contribution in [0.4, 0.5) is 0 Å². The summed E-state index contributed by atoms with van der Waals surface area (Å²) in [5, 5.41) is 1.05. The van der Waals surface area contributed by atoms with Gasteiger partial charge in [-0.25, -0.2) is 4.79 Å². The molecule has 1 N–H and O–H groups in total. The predicted octanol–water partition coefficient (Wildman–Crippen LogP) is 4.03. The first kappa shape index (κ1) is 14.9. The maximum Gasteiger partial charge on any atom is 0.330 e. The molecule has 0 aliphatic carbocycles. The summed E-state index contributed by atoms with van der Waals surface area (Å²) in [5.74, 6) is 0.424. The molecule has 0 fully saturated rings. The molecule has 0 aliphatic rings. The van der Waals surface area contributed by atoms with Crippen molar-refractivity contribution in [3.05, 3.63) is 60.2 Å². The lowest BCUT2D eigenvalue weighted by molar-refractivity contribution is -0.134. The Bertz CT molecular complexity index is 860. The Labute approximate surface area is 134 Å².